The minimum absolute atomic E-state index is 0. The Morgan fingerprint density at radius 3 is 2.32 bits per heavy atom. The van der Waals surface area contributed by atoms with Crippen LogP contribution in [0.3, 0.4) is 0 Å². The van der Waals surface area contributed by atoms with Gasteiger partial charge >= 0.3 is 0 Å². The minimum Gasteiger partial charge on any atom is -0.356 e. The van der Waals surface area contributed by atoms with Crippen LogP contribution in [-0.2, 0) is 0 Å². The molecule has 1 aliphatic rings. The predicted molar refractivity (Wildman–Crippen MR) is 135 cm³/mol. The van der Waals surface area contributed by atoms with Crippen LogP contribution in [-0.4, -0.2) is 80.9 Å². The number of halogens is 2. The van der Waals surface area contributed by atoms with Crippen molar-refractivity contribution in [1.82, 2.24) is 20.4 Å². The first-order valence-corrected chi connectivity index (χ1v) is 11.3. The van der Waals surface area contributed by atoms with E-state index in [1.54, 1.807) is 0 Å². The number of nitrogens with zero attached hydrogens (tertiary/aromatic N) is 3. The molecule has 2 rings (SSSR count). The zero-order valence-electron chi connectivity index (χ0n) is 17.1. The van der Waals surface area contributed by atoms with E-state index >= 15 is 0 Å². The fraction of sp³-hybridized carbons (Fsp3) is 0.650. The highest BCUT2D eigenvalue weighted by Crippen LogP contribution is 2.19. The van der Waals surface area contributed by atoms with Crippen molar-refractivity contribution in [1.29, 1.82) is 0 Å². The van der Waals surface area contributed by atoms with Crippen LogP contribution in [0.4, 0.5) is 0 Å². The zero-order chi connectivity index (χ0) is 19.3. The molecule has 0 spiro atoms. The average Bonchev–Trinajstić information content (AvgIpc) is 2.71. The number of aliphatic imine (C=N–C) groups is 1. The zero-order valence-corrected chi connectivity index (χ0v) is 21.0. The van der Waals surface area contributed by atoms with Crippen molar-refractivity contribution < 1.29 is 0 Å². The molecule has 0 amide bonds. The summed E-state index contributed by atoms with van der Waals surface area (Å²) in [5.74, 6) is 1.88. The standard InChI is InChI=1S/C20H34ClN5S.HI/c1-3-25-13-15-26(16-14-25)12-5-4-10-23-20(22-2)24-11-17-27-19-8-6-18(21)7-9-19;/h6-9H,3-5,10-17H2,1-2H3,(H2,22,23,24);1H. The molecule has 0 aliphatic carbocycles. The summed E-state index contributed by atoms with van der Waals surface area (Å²) < 4.78 is 0. The van der Waals surface area contributed by atoms with Crippen molar-refractivity contribution in [3.63, 3.8) is 0 Å². The quantitative estimate of drug-likeness (QED) is 0.156. The molecular formula is C20H35ClIN5S. The number of piperazine rings is 1. The topological polar surface area (TPSA) is 42.9 Å². The first-order chi connectivity index (χ1) is 13.2. The summed E-state index contributed by atoms with van der Waals surface area (Å²) in [6.45, 7) is 11.4. The van der Waals surface area contributed by atoms with E-state index in [2.05, 4.69) is 44.5 Å². The number of hydrogen-bond acceptors (Lipinski definition) is 4. The van der Waals surface area contributed by atoms with E-state index in [9.17, 15) is 0 Å². The van der Waals surface area contributed by atoms with Crippen LogP contribution < -0.4 is 10.6 Å². The van der Waals surface area contributed by atoms with Crippen LogP contribution in [0.1, 0.15) is 19.8 Å². The summed E-state index contributed by atoms with van der Waals surface area (Å²) in [6, 6.07) is 7.98. The Morgan fingerprint density at radius 2 is 1.68 bits per heavy atom. The van der Waals surface area contributed by atoms with Crippen molar-refractivity contribution in [2.45, 2.75) is 24.7 Å². The molecule has 0 unspecified atom stereocenters. The molecule has 0 atom stereocenters. The Kier molecular flexibility index (Phi) is 14.4. The smallest absolute Gasteiger partial charge is 0.191 e. The van der Waals surface area contributed by atoms with Gasteiger partial charge in [0.2, 0.25) is 0 Å². The third-order valence-corrected chi connectivity index (χ3v) is 6.07. The maximum absolute atomic E-state index is 5.91. The first-order valence-electron chi connectivity index (χ1n) is 9.99. The van der Waals surface area contributed by atoms with Gasteiger partial charge in [-0.25, -0.2) is 0 Å². The molecule has 0 radical (unpaired) electrons. The molecule has 28 heavy (non-hydrogen) atoms. The highest BCUT2D eigenvalue weighted by atomic mass is 127. The molecule has 0 aromatic heterocycles. The molecular weight excluding hydrogens is 505 g/mol. The molecule has 1 saturated heterocycles. The lowest BCUT2D eigenvalue weighted by Gasteiger charge is -2.34. The van der Waals surface area contributed by atoms with Gasteiger partial charge in [0.05, 0.1) is 0 Å². The maximum atomic E-state index is 5.91. The number of likely N-dealkylation sites (N-methyl/N-ethyl adjacent to an activating group) is 1. The summed E-state index contributed by atoms with van der Waals surface area (Å²) in [6.07, 6.45) is 2.41. The summed E-state index contributed by atoms with van der Waals surface area (Å²) in [5, 5.41) is 7.58. The summed E-state index contributed by atoms with van der Waals surface area (Å²) in [7, 11) is 1.83. The number of thioether (sulfide) groups is 1. The van der Waals surface area contributed by atoms with E-state index < -0.39 is 0 Å². The van der Waals surface area contributed by atoms with Crippen molar-refractivity contribution in [2.24, 2.45) is 4.99 Å². The normalized spacial score (nSPS) is 15.9. The van der Waals surface area contributed by atoms with E-state index in [1.807, 2.05) is 30.9 Å². The second-order valence-corrected chi connectivity index (χ2v) is 8.32. The van der Waals surface area contributed by atoms with Crippen LogP contribution in [0.25, 0.3) is 0 Å². The third-order valence-electron chi connectivity index (χ3n) is 4.81. The molecule has 2 N–H and O–H groups in total. The Labute approximate surface area is 197 Å². The highest BCUT2D eigenvalue weighted by Gasteiger charge is 2.14. The molecule has 160 valence electrons. The number of rotatable bonds is 10. The number of guanidine groups is 1. The number of hydrogen-bond donors (Lipinski definition) is 2. The van der Waals surface area contributed by atoms with Crippen LogP contribution in [0, 0.1) is 0 Å². The molecule has 1 aromatic rings. The largest absolute Gasteiger partial charge is 0.356 e. The number of unbranched alkanes of at least 4 members (excludes halogenated alkanes) is 1. The highest BCUT2D eigenvalue weighted by molar-refractivity contribution is 14.0. The van der Waals surface area contributed by atoms with Crippen LogP contribution in [0.5, 0.6) is 0 Å². The van der Waals surface area contributed by atoms with Gasteiger partial charge in [0, 0.05) is 62.0 Å². The summed E-state index contributed by atoms with van der Waals surface area (Å²) in [4.78, 5) is 10.7. The van der Waals surface area contributed by atoms with Crippen molar-refractivity contribution in [2.75, 3.05) is 65.2 Å². The SMILES string of the molecule is CCN1CCN(CCCCNC(=NC)NCCSc2ccc(Cl)cc2)CC1.I. The predicted octanol–water partition coefficient (Wildman–Crippen LogP) is 3.63. The van der Waals surface area contributed by atoms with E-state index in [1.165, 1.54) is 57.0 Å². The van der Waals surface area contributed by atoms with Gasteiger partial charge in [-0.05, 0) is 50.2 Å². The Morgan fingerprint density at radius 1 is 1.04 bits per heavy atom. The van der Waals surface area contributed by atoms with Gasteiger partial charge in [0.25, 0.3) is 0 Å². The summed E-state index contributed by atoms with van der Waals surface area (Å²) in [5.41, 5.74) is 0. The molecule has 0 bridgehead atoms. The van der Waals surface area contributed by atoms with E-state index in [0.29, 0.717) is 0 Å². The van der Waals surface area contributed by atoms with Gasteiger partial charge in [-0.2, -0.15) is 0 Å². The fourth-order valence-electron chi connectivity index (χ4n) is 3.09. The Balaban J connectivity index is 0.00000392. The number of benzene rings is 1. The molecule has 1 heterocycles. The molecule has 1 aliphatic heterocycles. The maximum Gasteiger partial charge on any atom is 0.191 e. The van der Waals surface area contributed by atoms with E-state index in [4.69, 9.17) is 11.6 Å². The minimum atomic E-state index is 0. The Bertz CT molecular complexity index is 550. The van der Waals surface area contributed by atoms with Crippen LogP contribution >= 0.6 is 47.3 Å². The van der Waals surface area contributed by atoms with E-state index in [-0.39, 0.29) is 24.0 Å². The van der Waals surface area contributed by atoms with Gasteiger partial charge in [0.1, 0.15) is 0 Å². The monoisotopic (exact) mass is 539 g/mol. The molecule has 8 heteroatoms. The molecule has 5 nitrogen and oxygen atoms in total. The van der Waals surface area contributed by atoms with Gasteiger partial charge in [0.15, 0.2) is 5.96 Å². The second-order valence-electron chi connectivity index (χ2n) is 6.71. The van der Waals surface area contributed by atoms with Gasteiger partial charge < -0.3 is 20.4 Å². The second kappa shape index (κ2) is 15.6. The fourth-order valence-corrected chi connectivity index (χ4v) is 3.98. The van der Waals surface area contributed by atoms with Gasteiger partial charge in [-0.15, -0.1) is 35.7 Å². The van der Waals surface area contributed by atoms with Gasteiger partial charge in [-0.3, -0.25) is 4.99 Å². The molecule has 1 fully saturated rings. The first kappa shape index (κ1) is 25.8. The van der Waals surface area contributed by atoms with Crippen molar-refractivity contribution in [3.8, 4) is 0 Å². The lowest BCUT2D eigenvalue weighted by atomic mass is 10.2. The van der Waals surface area contributed by atoms with E-state index in [0.717, 1.165) is 29.8 Å². The van der Waals surface area contributed by atoms with Crippen LogP contribution in [0.15, 0.2) is 34.2 Å². The Hall–Kier alpha value is -0.220. The number of nitrogens with one attached hydrogen (secondary N) is 2. The average molecular weight is 540 g/mol. The van der Waals surface area contributed by atoms with Crippen LogP contribution in [0.2, 0.25) is 5.02 Å². The molecule has 0 saturated carbocycles. The van der Waals surface area contributed by atoms with Crippen molar-refractivity contribution in [3.05, 3.63) is 29.3 Å². The van der Waals surface area contributed by atoms with Gasteiger partial charge in [-0.1, -0.05) is 18.5 Å². The van der Waals surface area contributed by atoms with Crippen molar-refractivity contribution >= 4 is 53.3 Å². The lowest BCUT2D eigenvalue weighted by molar-refractivity contribution is 0.136. The lowest BCUT2D eigenvalue weighted by Crippen LogP contribution is -2.46. The summed E-state index contributed by atoms with van der Waals surface area (Å²) >= 11 is 7.73. The third kappa shape index (κ3) is 10.5. The molecule has 1 aromatic carbocycles.